The number of nitrogens with one attached hydrogen (secondary N) is 1. The summed E-state index contributed by atoms with van der Waals surface area (Å²) >= 11 is 1.20. The fourth-order valence-electron chi connectivity index (χ4n) is 0.477. The Morgan fingerprint density at radius 1 is 1.86 bits per heavy atom. The summed E-state index contributed by atoms with van der Waals surface area (Å²) in [5.41, 5.74) is -0.958. The highest BCUT2D eigenvalue weighted by molar-refractivity contribution is 7.99. The summed E-state index contributed by atoms with van der Waals surface area (Å²) in [5.74, 6) is 0.729. The van der Waals surface area contributed by atoms with Crippen molar-refractivity contribution in [3.63, 3.8) is 0 Å². The van der Waals surface area contributed by atoms with Gasteiger partial charge in [-0.1, -0.05) is 11.8 Å². The molecule has 1 radical (unpaired) electrons. The van der Waals surface area contributed by atoms with Crippen molar-refractivity contribution in [1.29, 1.82) is 0 Å². The summed E-state index contributed by atoms with van der Waals surface area (Å²) in [6, 6.07) is 0. The largest absolute Gasteiger partial charge is 0.632 e. The molecule has 41 valence electrons. The highest BCUT2D eigenvalue weighted by Gasteiger charge is 2.20. The van der Waals surface area contributed by atoms with E-state index < -0.39 is 5.56 Å². The Hall–Kier alpha value is 0.230. The Labute approximate surface area is 45.9 Å². The molecule has 2 atom stereocenters. The highest BCUT2D eigenvalue weighted by atomic mass is 32.2. The second kappa shape index (κ2) is 2.00. The maximum Gasteiger partial charge on any atom is 0.271 e. The van der Waals surface area contributed by atoms with Gasteiger partial charge in [0.25, 0.3) is 5.56 Å². The number of hydrogen-bond acceptors (Lipinski definition) is 2. The smallest absolute Gasteiger partial charge is 0.271 e. The quantitative estimate of drug-likeness (QED) is 0.409. The van der Waals surface area contributed by atoms with Crippen LogP contribution in [0.3, 0.4) is 0 Å². The van der Waals surface area contributed by atoms with Gasteiger partial charge in [0.05, 0.1) is 12.3 Å². The van der Waals surface area contributed by atoms with E-state index >= 15 is 0 Å². The molecule has 1 N–H and O–H groups in total. The van der Waals surface area contributed by atoms with Crippen LogP contribution in [0.2, 0.25) is 0 Å². The number of thioether (sulfide) groups is 1. The summed E-state index contributed by atoms with van der Waals surface area (Å²) in [5, 5.41) is 20.4. The highest BCUT2D eigenvalue weighted by Crippen LogP contribution is 2.04. The first-order valence-corrected chi connectivity index (χ1v) is 3.16. The fraction of sp³-hybridized carbons (Fsp3) is 1.00. The van der Waals surface area contributed by atoms with E-state index in [-0.39, 0.29) is 5.06 Å². The summed E-state index contributed by atoms with van der Waals surface area (Å²) in [4.78, 5) is 0. The van der Waals surface area contributed by atoms with E-state index in [0.717, 1.165) is 5.75 Å². The minimum atomic E-state index is -0.958. The van der Waals surface area contributed by atoms with Crippen LogP contribution >= 0.6 is 11.8 Å². The zero-order chi connectivity index (χ0) is 5.28. The number of rotatable bonds is 0. The van der Waals surface area contributed by atoms with E-state index in [2.05, 4.69) is 0 Å². The molecule has 1 fully saturated rings. The van der Waals surface area contributed by atoms with E-state index in [1.165, 1.54) is 11.8 Å². The molecular weight excluding hydrogens is 114 g/mol. The van der Waals surface area contributed by atoms with Gasteiger partial charge in [-0.05, 0) is 0 Å². The van der Waals surface area contributed by atoms with Crippen LogP contribution in [-0.2, 0) is 5.11 Å². The first kappa shape index (κ1) is 5.37. The first-order valence-electron chi connectivity index (χ1n) is 2.11. The van der Waals surface area contributed by atoms with Crippen molar-refractivity contribution in [3.05, 3.63) is 5.21 Å². The molecule has 2 unspecified atom stereocenters. The molecule has 0 spiro atoms. The van der Waals surface area contributed by atoms with Gasteiger partial charge in [0, 0.05) is 0 Å². The van der Waals surface area contributed by atoms with Crippen LogP contribution in [0.25, 0.3) is 0 Å². The summed E-state index contributed by atoms with van der Waals surface area (Å²) < 4.78 is 0. The van der Waals surface area contributed by atoms with Crippen molar-refractivity contribution >= 4 is 11.8 Å². The topological polar surface area (TPSA) is 47.4 Å². The second-order valence-electron chi connectivity index (χ2n) is 1.42. The van der Waals surface area contributed by atoms with E-state index in [1.807, 2.05) is 0 Å². The Bertz CT molecular complexity index is 62.0. The maximum absolute atomic E-state index is 10.3. The lowest BCUT2D eigenvalue weighted by Gasteiger charge is -2.15. The van der Waals surface area contributed by atoms with Gasteiger partial charge < -0.3 is 10.3 Å². The predicted octanol–water partition coefficient (Wildman–Crippen LogP) is -1.17. The molecule has 1 rings (SSSR count). The van der Waals surface area contributed by atoms with Crippen LogP contribution in [-0.4, -0.2) is 17.9 Å². The minimum Gasteiger partial charge on any atom is -0.632 e. The third-order valence-electron chi connectivity index (χ3n) is 0.881. The van der Waals surface area contributed by atoms with Gasteiger partial charge in [-0.3, -0.25) is 0 Å². The third-order valence-corrected chi connectivity index (χ3v) is 1.89. The molecule has 0 aromatic rings. The molecule has 0 aromatic heterocycles. The predicted molar refractivity (Wildman–Crippen MR) is 26.1 cm³/mol. The molecule has 3 nitrogen and oxygen atoms in total. The zero-order valence-electron chi connectivity index (χ0n) is 3.72. The first-order chi connectivity index (χ1) is 3.30. The van der Waals surface area contributed by atoms with E-state index in [9.17, 15) is 10.3 Å². The normalized spacial score (nSPS) is 42.0. The third kappa shape index (κ3) is 1.07. The van der Waals surface area contributed by atoms with Gasteiger partial charge in [0.2, 0.25) is 0 Å². The fourth-order valence-corrected chi connectivity index (χ4v) is 1.31. The molecule has 0 saturated carbocycles. The van der Waals surface area contributed by atoms with Crippen LogP contribution in [0, 0.1) is 5.21 Å². The maximum atomic E-state index is 10.3. The molecule has 7 heavy (non-hydrogen) atoms. The molecule has 0 aliphatic carbocycles. The van der Waals surface area contributed by atoms with Gasteiger partial charge >= 0.3 is 0 Å². The van der Waals surface area contributed by atoms with Crippen LogP contribution in [0.1, 0.15) is 0 Å². The molecule has 4 heteroatoms. The van der Waals surface area contributed by atoms with Crippen LogP contribution in [0.4, 0.5) is 0 Å². The van der Waals surface area contributed by atoms with Crippen LogP contribution in [0.15, 0.2) is 0 Å². The molecule has 0 bridgehead atoms. The average Bonchev–Trinajstić information content (AvgIpc) is 1.91. The second-order valence-corrected chi connectivity index (χ2v) is 2.59. The number of hydrogen-bond donors (Lipinski definition) is 1. The Morgan fingerprint density at radius 2 is 2.57 bits per heavy atom. The Morgan fingerprint density at radius 3 is 2.71 bits per heavy atom. The summed E-state index contributed by atoms with van der Waals surface area (Å²) in [6.07, 6.45) is 0. The molecule has 1 heterocycles. The van der Waals surface area contributed by atoms with Crippen LogP contribution in [0.5, 0.6) is 0 Å². The summed E-state index contributed by atoms with van der Waals surface area (Å²) in [6.45, 7) is 0.485. The number of hydroxylamine groups is 2. The summed E-state index contributed by atoms with van der Waals surface area (Å²) in [7, 11) is 0. The van der Waals surface area contributed by atoms with Crippen molar-refractivity contribution in [1.82, 2.24) is 0 Å². The lowest BCUT2D eigenvalue weighted by molar-refractivity contribution is -0.878. The molecule has 1 aliphatic heterocycles. The molecule has 1 saturated heterocycles. The van der Waals surface area contributed by atoms with Crippen molar-refractivity contribution in [2.75, 3.05) is 12.3 Å². The lowest BCUT2D eigenvalue weighted by atomic mass is 10.7. The lowest BCUT2D eigenvalue weighted by Crippen LogP contribution is -3.08. The van der Waals surface area contributed by atoms with Gasteiger partial charge in [-0.25, -0.2) is 0 Å². The van der Waals surface area contributed by atoms with Gasteiger partial charge in [-0.2, -0.15) is 5.11 Å². The van der Waals surface area contributed by atoms with E-state index in [4.69, 9.17) is 0 Å². The van der Waals surface area contributed by atoms with Crippen molar-refractivity contribution in [3.8, 4) is 0 Å². The van der Waals surface area contributed by atoms with E-state index in [1.54, 1.807) is 0 Å². The molecule has 0 amide bonds. The molecular formula is C3H6NO2S. The number of quaternary nitrogens is 1. The monoisotopic (exact) mass is 120 g/mol. The molecule has 0 aromatic carbocycles. The van der Waals surface area contributed by atoms with Gasteiger partial charge in [-0.15, -0.1) is 0 Å². The SMILES string of the molecule is [O]C1SCC[NH+]1[O-]. The molecule has 1 aliphatic rings. The van der Waals surface area contributed by atoms with Crippen molar-refractivity contribution in [2.24, 2.45) is 0 Å². The van der Waals surface area contributed by atoms with Crippen molar-refractivity contribution in [2.45, 2.75) is 5.56 Å². The van der Waals surface area contributed by atoms with Gasteiger partial charge in [0.15, 0.2) is 0 Å². The Kier molecular flexibility index (Phi) is 1.53. The zero-order valence-corrected chi connectivity index (χ0v) is 4.53. The standard InChI is InChI=1S/C3H6NO2S/c5-3-4(6)1-2-7-3/h3-4H,1-2H2. The van der Waals surface area contributed by atoms with Gasteiger partial charge in [0.1, 0.15) is 0 Å². The van der Waals surface area contributed by atoms with Crippen LogP contribution < -0.4 is 5.06 Å². The average molecular weight is 120 g/mol. The minimum absolute atomic E-state index is 0.134. The van der Waals surface area contributed by atoms with Crippen molar-refractivity contribution < 1.29 is 10.2 Å². The Balaban J connectivity index is 2.33. The van der Waals surface area contributed by atoms with E-state index in [0.29, 0.717) is 6.54 Å².